The van der Waals surface area contributed by atoms with Crippen LogP contribution in [-0.4, -0.2) is 54.9 Å². The van der Waals surface area contributed by atoms with Crippen LogP contribution in [0.15, 0.2) is 41.3 Å². The third kappa shape index (κ3) is 4.80. The number of carbonyl (C=O) groups is 1. The topological polar surface area (TPSA) is 77.9 Å². The molecule has 1 fully saturated rings. The summed E-state index contributed by atoms with van der Waals surface area (Å²) >= 11 is 6.02. The van der Waals surface area contributed by atoms with E-state index < -0.39 is 16.0 Å². The summed E-state index contributed by atoms with van der Waals surface area (Å²) in [7, 11) is -3.74. The standard InChI is InChI=1S/C21H25ClN2O4S/c1-3-16-4-5-17(21(25)26)13-20(16)29(27,28)24-10-8-23(9-11-24)14-18-6-7-19(22)12-15(18)2/h4-7,12-13H,3,8-11,14H2,1-2H3,(H,25,26). The zero-order chi connectivity index (χ0) is 21.2. The number of carboxylic acid groups (broad SMARTS) is 1. The quantitative estimate of drug-likeness (QED) is 0.750. The van der Waals surface area contributed by atoms with Gasteiger partial charge in [-0.15, -0.1) is 0 Å². The van der Waals surface area contributed by atoms with Crippen molar-refractivity contribution in [3.63, 3.8) is 0 Å². The molecule has 0 aromatic heterocycles. The van der Waals surface area contributed by atoms with Gasteiger partial charge in [0.2, 0.25) is 10.0 Å². The summed E-state index contributed by atoms with van der Waals surface area (Å²) in [6, 6.07) is 10.1. The molecule has 0 aliphatic carbocycles. The number of benzene rings is 2. The Kier molecular flexibility index (Phi) is 6.63. The van der Waals surface area contributed by atoms with Crippen LogP contribution in [0.1, 0.15) is 34.0 Å². The number of aryl methyl sites for hydroxylation is 2. The Labute approximate surface area is 176 Å². The molecule has 8 heteroatoms. The van der Waals surface area contributed by atoms with Gasteiger partial charge < -0.3 is 5.11 Å². The van der Waals surface area contributed by atoms with Gasteiger partial charge in [0.05, 0.1) is 10.5 Å². The van der Waals surface area contributed by atoms with Gasteiger partial charge in [-0.25, -0.2) is 13.2 Å². The third-order valence-corrected chi connectivity index (χ3v) is 7.56. The fourth-order valence-electron chi connectivity index (χ4n) is 3.56. The molecule has 1 saturated heterocycles. The van der Waals surface area contributed by atoms with Crippen molar-refractivity contribution in [2.75, 3.05) is 26.2 Å². The van der Waals surface area contributed by atoms with E-state index in [1.807, 2.05) is 32.0 Å². The first-order valence-corrected chi connectivity index (χ1v) is 11.4. The monoisotopic (exact) mass is 436 g/mol. The van der Waals surface area contributed by atoms with Crippen molar-refractivity contribution in [1.29, 1.82) is 0 Å². The maximum atomic E-state index is 13.2. The molecule has 0 spiro atoms. The number of sulfonamides is 1. The molecule has 156 valence electrons. The van der Waals surface area contributed by atoms with Crippen LogP contribution in [0.5, 0.6) is 0 Å². The Bertz CT molecular complexity index is 1020. The lowest BCUT2D eigenvalue weighted by Gasteiger charge is -2.34. The Balaban J connectivity index is 1.74. The van der Waals surface area contributed by atoms with Crippen molar-refractivity contribution >= 4 is 27.6 Å². The number of piperazine rings is 1. The number of nitrogens with zero attached hydrogens (tertiary/aromatic N) is 2. The van der Waals surface area contributed by atoms with Gasteiger partial charge in [0.1, 0.15) is 0 Å². The second kappa shape index (κ2) is 8.83. The maximum absolute atomic E-state index is 13.2. The number of hydrogen-bond acceptors (Lipinski definition) is 4. The van der Waals surface area contributed by atoms with E-state index in [0.29, 0.717) is 43.2 Å². The molecule has 0 unspecified atom stereocenters. The molecule has 2 aromatic carbocycles. The zero-order valence-corrected chi connectivity index (χ0v) is 18.1. The minimum Gasteiger partial charge on any atom is -0.478 e. The minimum atomic E-state index is -3.74. The van der Waals surface area contributed by atoms with Gasteiger partial charge in [-0.1, -0.05) is 30.7 Å². The van der Waals surface area contributed by atoms with E-state index in [4.69, 9.17) is 11.6 Å². The smallest absolute Gasteiger partial charge is 0.335 e. The van der Waals surface area contributed by atoms with Gasteiger partial charge in [-0.05, 0) is 54.3 Å². The van der Waals surface area contributed by atoms with Crippen LogP contribution in [0.2, 0.25) is 5.02 Å². The number of aromatic carboxylic acids is 1. The SMILES string of the molecule is CCc1ccc(C(=O)O)cc1S(=O)(=O)N1CCN(Cc2ccc(Cl)cc2C)CC1. The second-order valence-electron chi connectivity index (χ2n) is 7.23. The molecule has 6 nitrogen and oxygen atoms in total. The summed E-state index contributed by atoms with van der Waals surface area (Å²) in [5.74, 6) is -1.13. The highest BCUT2D eigenvalue weighted by Crippen LogP contribution is 2.25. The molecular formula is C21H25ClN2O4S. The van der Waals surface area contributed by atoms with Crippen LogP contribution < -0.4 is 0 Å². The van der Waals surface area contributed by atoms with E-state index in [9.17, 15) is 18.3 Å². The van der Waals surface area contributed by atoms with Gasteiger partial charge in [-0.2, -0.15) is 4.31 Å². The van der Waals surface area contributed by atoms with E-state index in [2.05, 4.69) is 4.90 Å². The first-order valence-electron chi connectivity index (χ1n) is 9.56. The van der Waals surface area contributed by atoms with E-state index in [1.54, 1.807) is 6.07 Å². The molecule has 1 aliphatic heterocycles. The summed E-state index contributed by atoms with van der Waals surface area (Å²) in [4.78, 5) is 13.6. The molecule has 1 aliphatic rings. The molecule has 0 radical (unpaired) electrons. The van der Waals surface area contributed by atoms with Crippen LogP contribution in [0.3, 0.4) is 0 Å². The second-order valence-corrected chi connectivity index (χ2v) is 9.58. The van der Waals surface area contributed by atoms with Crippen LogP contribution in [-0.2, 0) is 23.0 Å². The summed E-state index contributed by atoms with van der Waals surface area (Å²) in [6.45, 7) is 6.59. The van der Waals surface area contributed by atoms with Gasteiger partial charge in [0.15, 0.2) is 0 Å². The molecule has 1 N–H and O–H groups in total. The molecule has 1 heterocycles. The van der Waals surface area contributed by atoms with Crippen LogP contribution in [0.4, 0.5) is 0 Å². The predicted octanol–water partition coefficient (Wildman–Crippen LogP) is 3.42. The first kappa shape index (κ1) is 21.8. The van der Waals surface area contributed by atoms with E-state index in [0.717, 1.165) is 12.1 Å². The molecule has 0 saturated carbocycles. The Morgan fingerprint density at radius 3 is 2.31 bits per heavy atom. The first-order chi connectivity index (χ1) is 13.7. The lowest BCUT2D eigenvalue weighted by molar-refractivity contribution is 0.0696. The molecule has 3 rings (SSSR count). The van der Waals surface area contributed by atoms with Crippen LogP contribution in [0.25, 0.3) is 0 Å². The van der Waals surface area contributed by atoms with E-state index >= 15 is 0 Å². The molecule has 0 amide bonds. The molecular weight excluding hydrogens is 412 g/mol. The highest BCUT2D eigenvalue weighted by Gasteiger charge is 2.30. The number of halogens is 1. The highest BCUT2D eigenvalue weighted by atomic mass is 35.5. The van der Waals surface area contributed by atoms with Crippen LogP contribution in [0, 0.1) is 6.92 Å². The fourth-order valence-corrected chi connectivity index (χ4v) is 5.53. The van der Waals surface area contributed by atoms with Crippen molar-refractivity contribution in [2.45, 2.75) is 31.7 Å². The predicted molar refractivity (Wildman–Crippen MR) is 113 cm³/mol. The Morgan fingerprint density at radius 2 is 1.72 bits per heavy atom. The fraction of sp³-hybridized carbons (Fsp3) is 0.381. The van der Waals surface area contributed by atoms with Crippen LogP contribution >= 0.6 is 11.6 Å². The molecule has 0 bridgehead atoms. The maximum Gasteiger partial charge on any atom is 0.335 e. The summed E-state index contributed by atoms with van der Waals surface area (Å²) in [5.41, 5.74) is 2.91. The molecule has 29 heavy (non-hydrogen) atoms. The number of rotatable bonds is 6. The van der Waals surface area contributed by atoms with Crippen molar-refractivity contribution in [3.8, 4) is 0 Å². The third-order valence-electron chi connectivity index (χ3n) is 5.34. The Hall–Kier alpha value is -1.93. The molecule has 2 aromatic rings. The number of carboxylic acids is 1. The van der Waals surface area contributed by atoms with E-state index in [1.165, 1.54) is 22.0 Å². The summed E-state index contributed by atoms with van der Waals surface area (Å²) in [5, 5.41) is 9.95. The van der Waals surface area contributed by atoms with Crippen molar-refractivity contribution in [1.82, 2.24) is 9.21 Å². The zero-order valence-electron chi connectivity index (χ0n) is 16.6. The van der Waals surface area contributed by atoms with Crippen molar-refractivity contribution in [3.05, 3.63) is 63.7 Å². The lowest BCUT2D eigenvalue weighted by atomic mass is 10.1. The number of hydrogen-bond donors (Lipinski definition) is 1. The highest BCUT2D eigenvalue weighted by molar-refractivity contribution is 7.89. The molecule has 0 atom stereocenters. The lowest BCUT2D eigenvalue weighted by Crippen LogP contribution is -2.48. The van der Waals surface area contributed by atoms with Crippen molar-refractivity contribution < 1.29 is 18.3 Å². The van der Waals surface area contributed by atoms with Crippen molar-refractivity contribution in [2.24, 2.45) is 0 Å². The van der Waals surface area contributed by atoms with Gasteiger partial charge in [0.25, 0.3) is 0 Å². The minimum absolute atomic E-state index is 0.0161. The van der Waals surface area contributed by atoms with Gasteiger partial charge in [-0.3, -0.25) is 4.90 Å². The average molecular weight is 437 g/mol. The Morgan fingerprint density at radius 1 is 1.07 bits per heavy atom. The van der Waals surface area contributed by atoms with E-state index in [-0.39, 0.29) is 10.5 Å². The normalized spacial score (nSPS) is 16.1. The average Bonchev–Trinajstić information content (AvgIpc) is 2.70. The summed E-state index contributed by atoms with van der Waals surface area (Å²) < 4.78 is 27.9. The van der Waals surface area contributed by atoms with Gasteiger partial charge >= 0.3 is 5.97 Å². The largest absolute Gasteiger partial charge is 0.478 e. The van der Waals surface area contributed by atoms with Gasteiger partial charge in [0, 0.05) is 37.7 Å². The summed E-state index contributed by atoms with van der Waals surface area (Å²) in [6.07, 6.45) is 0.518.